The van der Waals surface area contributed by atoms with Crippen molar-refractivity contribution in [3.8, 4) is 0 Å². The van der Waals surface area contributed by atoms with Crippen LogP contribution in [0.2, 0.25) is 0 Å². The Morgan fingerprint density at radius 1 is 1.35 bits per heavy atom. The molecule has 0 aliphatic heterocycles. The van der Waals surface area contributed by atoms with Crippen molar-refractivity contribution in [2.24, 2.45) is 5.73 Å². The van der Waals surface area contributed by atoms with Crippen LogP contribution in [-0.4, -0.2) is 18.1 Å². The van der Waals surface area contributed by atoms with Crippen LogP contribution >= 0.6 is 11.3 Å². The number of hydrogen-bond acceptors (Lipinski definition) is 4. The molecule has 0 aliphatic carbocycles. The molecule has 2 rings (SSSR count). The largest absolute Gasteiger partial charge is 0.368 e. The highest BCUT2D eigenvalue weighted by atomic mass is 32.1. The van der Waals surface area contributed by atoms with Crippen molar-refractivity contribution in [3.05, 3.63) is 45.4 Å². The topological polar surface area (TPSA) is 42.2 Å². The molecule has 0 bridgehead atoms. The highest BCUT2D eigenvalue weighted by Crippen LogP contribution is 2.24. The summed E-state index contributed by atoms with van der Waals surface area (Å²) in [4.78, 5) is 6.79. The normalized spacial score (nSPS) is 12.4. The van der Waals surface area contributed by atoms with Crippen LogP contribution in [0.25, 0.3) is 0 Å². The number of rotatable bonds is 5. The number of aromatic nitrogens is 1. The molecule has 2 N–H and O–H groups in total. The van der Waals surface area contributed by atoms with Gasteiger partial charge < -0.3 is 10.6 Å². The number of nitrogens with two attached hydrogens (primary N) is 1. The third kappa shape index (κ3) is 3.81. The van der Waals surface area contributed by atoms with Crippen LogP contribution in [0, 0.1) is 13.8 Å². The van der Waals surface area contributed by atoms with Gasteiger partial charge in [-0.05, 0) is 38.8 Å². The van der Waals surface area contributed by atoms with E-state index in [9.17, 15) is 0 Å². The molecule has 0 radical (unpaired) electrons. The summed E-state index contributed by atoms with van der Waals surface area (Å²) in [5.41, 5.74) is 10.9. The predicted molar refractivity (Wildman–Crippen MR) is 87.5 cm³/mol. The third-order valence-corrected chi connectivity index (χ3v) is 4.08. The minimum Gasteiger partial charge on any atom is -0.368 e. The molecule has 0 saturated carbocycles. The van der Waals surface area contributed by atoms with Crippen LogP contribution in [0.15, 0.2) is 23.6 Å². The SMILES string of the molecule is Cc1ccc(N(C)Cc2csc(C)n2)c(CC(C)N)c1. The van der Waals surface area contributed by atoms with Gasteiger partial charge in [-0.1, -0.05) is 17.7 Å². The molecule has 0 aliphatic rings. The van der Waals surface area contributed by atoms with Crippen molar-refractivity contribution in [1.29, 1.82) is 0 Å². The molecule has 1 unspecified atom stereocenters. The number of aryl methyl sites for hydroxylation is 2. The van der Waals surface area contributed by atoms with Gasteiger partial charge in [0.25, 0.3) is 0 Å². The molecular formula is C16H23N3S. The Hall–Kier alpha value is -1.39. The summed E-state index contributed by atoms with van der Waals surface area (Å²) >= 11 is 1.70. The van der Waals surface area contributed by atoms with Crippen molar-refractivity contribution in [1.82, 2.24) is 4.98 Å². The fourth-order valence-electron chi connectivity index (χ4n) is 2.41. The lowest BCUT2D eigenvalue weighted by molar-refractivity contribution is 0.733. The summed E-state index contributed by atoms with van der Waals surface area (Å²) in [6.07, 6.45) is 0.900. The third-order valence-electron chi connectivity index (χ3n) is 3.25. The van der Waals surface area contributed by atoms with Crippen LogP contribution in [0.4, 0.5) is 5.69 Å². The van der Waals surface area contributed by atoms with Crippen LogP contribution in [0.3, 0.4) is 0 Å². The molecule has 4 heteroatoms. The van der Waals surface area contributed by atoms with E-state index in [4.69, 9.17) is 5.73 Å². The van der Waals surface area contributed by atoms with E-state index in [1.54, 1.807) is 11.3 Å². The maximum absolute atomic E-state index is 5.97. The first-order valence-corrected chi connectivity index (χ1v) is 7.81. The molecule has 108 valence electrons. The average molecular weight is 289 g/mol. The molecule has 1 aromatic heterocycles. The first-order valence-electron chi connectivity index (χ1n) is 6.93. The van der Waals surface area contributed by atoms with E-state index in [1.807, 2.05) is 6.92 Å². The fraction of sp³-hybridized carbons (Fsp3) is 0.438. The van der Waals surface area contributed by atoms with Gasteiger partial charge in [0.1, 0.15) is 0 Å². The van der Waals surface area contributed by atoms with Gasteiger partial charge in [-0.25, -0.2) is 4.98 Å². The van der Waals surface area contributed by atoms with Crippen molar-refractivity contribution >= 4 is 17.0 Å². The monoisotopic (exact) mass is 289 g/mol. The zero-order valence-electron chi connectivity index (χ0n) is 12.7. The summed E-state index contributed by atoms with van der Waals surface area (Å²) < 4.78 is 0. The summed E-state index contributed by atoms with van der Waals surface area (Å²) in [6.45, 7) is 7.05. The van der Waals surface area contributed by atoms with Gasteiger partial charge in [-0.3, -0.25) is 0 Å². The van der Waals surface area contributed by atoms with Crippen LogP contribution < -0.4 is 10.6 Å². The van der Waals surface area contributed by atoms with Gasteiger partial charge in [0.2, 0.25) is 0 Å². The molecule has 1 heterocycles. The number of hydrogen-bond donors (Lipinski definition) is 1. The molecule has 1 aromatic carbocycles. The highest BCUT2D eigenvalue weighted by molar-refractivity contribution is 7.09. The lowest BCUT2D eigenvalue weighted by Crippen LogP contribution is -2.22. The number of thiazole rings is 1. The van der Waals surface area contributed by atoms with Gasteiger partial charge >= 0.3 is 0 Å². The Balaban J connectivity index is 2.21. The standard InChI is InChI=1S/C16H23N3S/c1-11-5-6-16(14(7-11)8-12(2)17)19(4)9-15-10-20-13(3)18-15/h5-7,10,12H,8-9,17H2,1-4H3. The van der Waals surface area contributed by atoms with Gasteiger partial charge in [0, 0.05) is 24.2 Å². The van der Waals surface area contributed by atoms with E-state index in [-0.39, 0.29) is 6.04 Å². The zero-order valence-corrected chi connectivity index (χ0v) is 13.5. The minimum atomic E-state index is 0.172. The van der Waals surface area contributed by atoms with E-state index in [1.165, 1.54) is 16.8 Å². The minimum absolute atomic E-state index is 0.172. The van der Waals surface area contributed by atoms with Crippen molar-refractivity contribution < 1.29 is 0 Å². The number of nitrogens with zero attached hydrogens (tertiary/aromatic N) is 2. The fourth-order valence-corrected chi connectivity index (χ4v) is 3.01. The first kappa shape index (κ1) is 15.0. The van der Waals surface area contributed by atoms with Crippen molar-refractivity contribution in [3.63, 3.8) is 0 Å². The molecule has 0 spiro atoms. The maximum Gasteiger partial charge on any atom is 0.0898 e. The first-order chi connectivity index (χ1) is 9.45. The molecule has 0 amide bonds. The Morgan fingerprint density at radius 2 is 2.10 bits per heavy atom. The lowest BCUT2D eigenvalue weighted by atomic mass is 10.0. The van der Waals surface area contributed by atoms with Gasteiger partial charge in [0.05, 0.1) is 17.2 Å². The van der Waals surface area contributed by atoms with Crippen LogP contribution in [0.5, 0.6) is 0 Å². The molecule has 3 nitrogen and oxygen atoms in total. The molecule has 1 atom stereocenters. The molecular weight excluding hydrogens is 266 g/mol. The summed E-state index contributed by atoms with van der Waals surface area (Å²) in [5, 5.41) is 3.25. The second kappa shape index (κ2) is 6.37. The van der Waals surface area contributed by atoms with Gasteiger partial charge in [-0.15, -0.1) is 11.3 Å². The smallest absolute Gasteiger partial charge is 0.0898 e. The van der Waals surface area contributed by atoms with E-state index in [0.717, 1.165) is 23.7 Å². The Labute approximate surface area is 125 Å². The predicted octanol–water partition coefficient (Wildman–Crippen LogP) is 3.29. The van der Waals surface area contributed by atoms with E-state index in [0.29, 0.717) is 0 Å². The quantitative estimate of drug-likeness (QED) is 0.918. The van der Waals surface area contributed by atoms with Crippen LogP contribution in [0.1, 0.15) is 28.8 Å². The summed E-state index contributed by atoms with van der Waals surface area (Å²) in [6, 6.07) is 6.75. The molecule has 0 saturated heterocycles. The Morgan fingerprint density at radius 3 is 2.70 bits per heavy atom. The average Bonchev–Trinajstić information content (AvgIpc) is 2.73. The molecule has 2 aromatic rings. The van der Waals surface area contributed by atoms with Gasteiger partial charge in [-0.2, -0.15) is 0 Å². The molecule has 0 fully saturated rings. The number of anilines is 1. The Kier molecular flexibility index (Phi) is 4.78. The summed E-state index contributed by atoms with van der Waals surface area (Å²) in [5.74, 6) is 0. The second-order valence-corrected chi connectivity index (χ2v) is 6.59. The Bertz CT molecular complexity index is 575. The van der Waals surface area contributed by atoms with E-state index < -0.39 is 0 Å². The van der Waals surface area contributed by atoms with Crippen molar-refractivity contribution in [2.75, 3.05) is 11.9 Å². The summed E-state index contributed by atoms with van der Waals surface area (Å²) in [7, 11) is 2.12. The maximum atomic E-state index is 5.97. The van der Waals surface area contributed by atoms with Crippen LogP contribution in [-0.2, 0) is 13.0 Å². The lowest BCUT2D eigenvalue weighted by Gasteiger charge is -2.23. The van der Waals surface area contributed by atoms with Crippen molar-refractivity contribution in [2.45, 2.75) is 39.8 Å². The zero-order chi connectivity index (χ0) is 14.7. The number of benzene rings is 1. The second-order valence-electron chi connectivity index (χ2n) is 5.53. The highest BCUT2D eigenvalue weighted by Gasteiger charge is 2.11. The molecule has 20 heavy (non-hydrogen) atoms. The van der Waals surface area contributed by atoms with E-state index in [2.05, 4.69) is 54.4 Å². The van der Waals surface area contributed by atoms with E-state index >= 15 is 0 Å². The van der Waals surface area contributed by atoms with Gasteiger partial charge in [0.15, 0.2) is 0 Å².